The van der Waals surface area contributed by atoms with Crippen molar-refractivity contribution in [1.82, 2.24) is 0 Å². The van der Waals surface area contributed by atoms with E-state index in [-0.39, 0.29) is 5.78 Å². The van der Waals surface area contributed by atoms with E-state index in [2.05, 4.69) is 29.6 Å². The van der Waals surface area contributed by atoms with Gasteiger partial charge in [0.15, 0.2) is 5.78 Å². The lowest BCUT2D eigenvalue weighted by Crippen LogP contribution is -2.03. The molecule has 0 saturated carbocycles. The zero-order valence-electron chi connectivity index (χ0n) is 12.8. The Hall–Kier alpha value is -2.87. The molecule has 0 spiro atoms. The molecule has 0 heterocycles. The molecule has 1 N–H and O–H groups in total. The molecule has 0 aliphatic heterocycles. The number of fused-ring (bicyclic) bond motifs is 2. The molecule has 0 radical (unpaired) electrons. The maximum absolute atomic E-state index is 12.4. The van der Waals surface area contributed by atoms with Crippen LogP contribution in [-0.2, 0) is 12.8 Å². The topological polar surface area (TPSA) is 29.1 Å². The number of benzene rings is 3. The molecule has 112 valence electrons. The third kappa shape index (κ3) is 2.76. The molecule has 1 aliphatic rings. The van der Waals surface area contributed by atoms with Crippen LogP contribution in [0.2, 0.25) is 0 Å². The van der Waals surface area contributed by atoms with Gasteiger partial charge in [-0.05, 0) is 47.4 Å². The largest absolute Gasteiger partial charge is 0.356 e. The standard InChI is InChI=1S/C21H17NO/c23-21-14-15-10-11-19(22-18-7-2-1-3-8-18)13-17(15)12-16-6-4-5-9-20(16)21/h1-11,13,22H,12,14H2. The molecule has 2 nitrogen and oxygen atoms in total. The maximum atomic E-state index is 12.4. The Morgan fingerprint density at radius 1 is 0.652 bits per heavy atom. The first-order valence-corrected chi connectivity index (χ1v) is 7.84. The van der Waals surface area contributed by atoms with E-state index in [1.165, 1.54) is 5.56 Å². The van der Waals surface area contributed by atoms with Gasteiger partial charge in [-0.25, -0.2) is 0 Å². The van der Waals surface area contributed by atoms with Gasteiger partial charge >= 0.3 is 0 Å². The molecule has 4 rings (SSSR count). The normalized spacial score (nSPS) is 13.0. The van der Waals surface area contributed by atoms with E-state index in [0.29, 0.717) is 6.42 Å². The molecule has 0 amide bonds. The summed E-state index contributed by atoms with van der Waals surface area (Å²) < 4.78 is 0. The molecule has 0 fully saturated rings. The van der Waals surface area contributed by atoms with Gasteiger partial charge in [0.05, 0.1) is 0 Å². The monoisotopic (exact) mass is 299 g/mol. The van der Waals surface area contributed by atoms with E-state index in [1.807, 2.05) is 48.5 Å². The van der Waals surface area contributed by atoms with Crippen molar-refractivity contribution in [3.63, 3.8) is 0 Å². The molecule has 0 bridgehead atoms. The van der Waals surface area contributed by atoms with Gasteiger partial charge in [0, 0.05) is 23.4 Å². The maximum Gasteiger partial charge on any atom is 0.167 e. The van der Waals surface area contributed by atoms with E-state index in [4.69, 9.17) is 0 Å². The summed E-state index contributed by atoms with van der Waals surface area (Å²) in [7, 11) is 0. The number of anilines is 2. The molecule has 0 unspecified atom stereocenters. The highest BCUT2D eigenvalue weighted by atomic mass is 16.1. The van der Waals surface area contributed by atoms with Crippen LogP contribution < -0.4 is 5.32 Å². The van der Waals surface area contributed by atoms with Crippen molar-refractivity contribution in [1.29, 1.82) is 0 Å². The third-order valence-electron chi connectivity index (χ3n) is 4.32. The van der Waals surface area contributed by atoms with E-state index >= 15 is 0 Å². The Labute approximate surface area is 135 Å². The smallest absolute Gasteiger partial charge is 0.167 e. The van der Waals surface area contributed by atoms with Crippen LogP contribution in [0.15, 0.2) is 72.8 Å². The molecule has 23 heavy (non-hydrogen) atoms. The molecule has 3 aromatic carbocycles. The molecule has 2 heteroatoms. The first-order valence-electron chi connectivity index (χ1n) is 7.84. The lowest BCUT2D eigenvalue weighted by molar-refractivity contribution is 0.0993. The number of carbonyl (C=O) groups is 1. The van der Waals surface area contributed by atoms with Crippen LogP contribution in [0.5, 0.6) is 0 Å². The molecule has 0 saturated heterocycles. The van der Waals surface area contributed by atoms with Crippen LogP contribution in [-0.4, -0.2) is 5.78 Å². The number of nitrogens with one attached hydrogen (secondary N) is 1. The molecule has 3 aromatic rings. The Kier molecular flexibility index (Phi) is 3.43. The van der Waals surface area contributed by atoms with E-state index in [0.717, 1.165) is 34.5 Å². The second kappa shape index (κ2) is 5.73. The summed E-state index contributed by atoms with van der Waals surface area (Å²) >= 11 is 0. The summed E-state index contributed by atoms with van der Waals surface area (Å²) in [6.45, 7) is 0. The van der Waals surface area contributed by atoms with Crippen LogP contribution in [0, 0.1) is 0 Å². The fourth-order valence-corrected chi connectivity index (χ4v) is 3.15. The first-order chi connectivity index (χ1) is 11.3. The van der Waals surface area contributed by atoms with Crippen LogP contribution in [0.25, 0.3) is 0 Å². The van der Waals surface area contributed by atoms with Gasteiger partial charge in [0.25, 0.3) is 0 Å². The predicted octanol–water partition coefficient (Wildman–Crippen LogP) is 4.76. The Morgan fingerprint density at radius 2 is 1.43 bits per heavy atom. The fourth-order valence-electron chi connectivity index (χ4n) is 3.15. The van der Waals surface area contributed by atoms with Gasteiger partial charge in [-0.1, -0.05) is 48.5 Å². The summed E-state index contributed by atoms with van der Waals surface area (Å²) in [5.74, 6) is 0.211. The highest BCUT2D eigenvalue weighted by Crippen LogP contribution is 2.27. The Morgan fingerprint density at radius 3 is 2.30 bits per heavy atom. The summed E-state index contributed by atoms with van der Waals surface area (Å²) in [6, 6.07) is 24.4. The lowest BCUT2D eigenvalue weighted by Gasteiger charge is -2.11. The zero-order valence-corrected chi connectivity index (χ0v) is 12.8. The summed E-state index contributed by atoms with van der Waals surface area (Å²) in [5, 5.41) is 3.42. The Bertz CT molecular complexity index is 868. The van der Waals surface area contributed by atoms with Crippen LogP contribution in [0.4, 0.5) is 11.4 Å². The number of hydrogen-bond acceptors (Lipinski definition) is 2. The minimum absolute atomic E-state index is 0.211. The summed E-state index contributed by atoms with van der Waals surface area (Å²) in [6.07, 6.45) is 1.29. The van der Waals surface area contributed by atoms with E-state index in [9.17, 15) is 4.79 Å². The quantitative estimate of drug-likeness (QED) is 0.739. The average molecular weight is 299 g/mol. The number of para-hydroxylation sites is 1. The number of carbonyl (C=O) groups excluding carboxylic acids is 1. The summed E-state index contributed by atoms with van der Waals surface area (Å²) in [4.78, 5) is 12.4. The number of Topliss-reactive ketones (excluding diaryl/α,β-unsaturated/α-hetero) is 1. The van der Waals surface area contributed by atoms with Crippen molar-refractivity contribution in [2.24, 2.45) is 0 Å². The number of hydrogen-bond donors (Lipinski definition) is 1. The molecule has 1 aliphatic carbocycles. The molecular weight excluding hydrogens is 282 g/mol. The van der Waals surface area contributed by atoms with Crippen LogP contribution >= 0.6 is 0 Å². The van der Waals surface area contributed by atoms with Crippen molar-refractivity contribution in [3.8, 4) is 0 Å². The van der Waals surface area contributed by atoms with Crippen molar-refractivity contribution < 1.29 is 4.79 Å². The number of ketones is 1. The minimum Gasteiger partial charge on any atom is -0.356 e. The van der Waals surface area contributed by atoms with Gasteiger partial charge in [-0.15, -0.1) is 0 Å². The third-order valence-corrected chi connectivity index (χ3v) is 4.32. The fraction of sp³-hybridized carbons (Fsp3) is 0.0952. The predicted molar refractivity (Wildman–Crippen MR) is 93.4 cm³/mol. The van der Waals surface area contributed by atoms with Crippen LogP contribution in [0.1, 0.15) is 27.0 Å². The van der Waals surface area contributed by atoms with E-state index < -0.39 is 0 Å². The van der Waals surface area contributed by atoms with Gasteiger partial charge in [-0.2, -0.15) is 0 Å². The Balaban J connectivity index is 1.70. The molecule has 0 atom stereocenters. The van der Waals surface area contributed by atoms with E-state index in [1.54, 1.807) is 0 Å². The van der Waals surface area contributed by atoms with Crippen molar-refractivity contribution in [2.45, 2.75) is 12.8 Å². The van der Waals surface area contributed by atoms with Gasteiger partial charge in [0.1, 0.15) is 0 Å². The molecular formula is C21H17NO. The SMILES string of the molecule is O=C1Cc2ccc(Nc3ccccc3)cc2Cc2ccccc21. The van der Waals surface area contributed by atoms with Crippen molar-refractivity contribution in [3.05, 3.63) is 95.1 Å². The second-order valence-corrected chi connectivity index (χ2v) is 5.91. The first kappa shape index (κ1) is 13.8. The van der Waals surface area contributed by atoms with Crippen molar-refractivity contribution in [2.75, 3.05) is 5.32 Å². The van der Waals surface area contributed by atoms with Gasteiger partial charge in [-0.3, -0.25) is 4.79 Å². The highest BCUT2D eigenvalue weighted by molar-refractivity contribution is 5.99. The molecule has 0 aromatic heterocycles. The average Bonchev–Trinajstić information content (AvgIpc) is 2.72. The zero-order chi connectivity index (χ0) is 15.6. The van der Waals surface area contributed by atoms with Crippen molar-refractivity contribution >= 4 is 17.2 Å². The minimum atomic E-state index is 0.211. The lowest BCUT2D eigenvalue weighted by atomic mass is 10.00. The number of rotatable bonds is 2. The van der Waals surface area contributed by atoms with Gasteiger partial charge in [0.2, 0.25) is 0 Å². The summed E-state index contributed by atoms with van der Waals surface area (Å²) in [5.41, 5.74) is 6.46. The second-order valence-electron chi connectivity index (χ2n) is 5.91. The van der Waals surface area contributed by atoms with Gasteiger partial charge < -0.3 is 5.32 Å². The highest BCUT2D eigenvalue weighted by Gasteiger charge is 2.19. The van der Waals surface area contributed by atoms with Crippen LogP contribution in [0.3, 0.4) is 0 Å².